The average Bonchev–Trinajstić information content (AvgIpc) is 2.73. The number of carbonyl (C=O) groups is 4. The summed E-state index contributed by atoms with van der Waals surface area (Å²) in [5, 5.41) is 11.5. The number of amides is 4. The summed E-state index contributed by atoms with van der Waals surface area (Å²) in [5.41, 5.74) is 3.95. The van der Waals surface area contributed by atoms with Gasteiger partial charge in [-0.05, 0) is 43.3 Å². The van der Waals surface area contributed by atoms with Crippen LogP contribution in [0, 0.1) is 0 Å². The summed E-state index contributed by atoms with van der Waals surface area (Å²) < 4.78 is 5.05. The summed E-state index contributed by atoms with van der Waals surface area (Å²) in [4.78, 5) is 47.0. The molecule has 4 amide bonds. The molecule has 2 aromatic carbocycles. The molecule has 2 rings (SSSR count). The van der Waals surface area contributed by atoms with Crippen molar-refractivity contribution < 1.29 is 23.9 Å². The molecule has 0 radical (unpaired) electrons. The number of nitrogens with zero attached hydrogens (tertiary/aromatic N) is 1. The molecule has 0 unspecified atom stereocenters. The maximum Gasteiger partial charge on any atom is 0.329 e. The molecule has 162 valence electrons. The zero-order valence-electron chi connectivity index (χ0n) is 17.3. The quantitative estimate of drug-likeness (QED) is 0.306. The van der Waals surface area contributed by atoms with Crippen molar-refractivity contribution in [3.63, 3.8) is 0 Å². The van der Waals surface area contributed by atoms with Crippen LogP contribution >= 0.6 is 0 Å². The van der Waals surface area contributed by atoms with E-state index in [1.807, 2.05) is 0 Å². The zero-order valence-corrected chi connectivity index (χ0v) is 17.3. The molecule has 31 heavy (non-hydrogen) atoms. The fraction of sp³-hybridized carbons (Fsp3) is 0.190. The van der Waals surface area contributed by atoms with Crippen molar-refractivity contribution in [2.45, 2.75) is 20.3 Å². The van der Waals surface area contributed by atoms with Crippen LogP contribution in [0.4, 0.5) is 17.1 Å². The molecule has 10 nitrogen and oxygen atoms in total. The van der Waals surface area contributed by atoms with E-state index in [0.717, 1.165) is 0 Å². The maximum absolute atomic E-state index is 12.1. The first kappa shape index (κ1) is 23.1. The second-order valence-electron chi connectivity index (χ2n) is 6.46. The smallest absolute Gasteiger partial charge is 0.329 e. The Morgan fingerprint density at radius 3 is 2.10 bits per heavy atom. The molecule has 0 fully saturated rings. The predicted octanol–water partition coefficient (Wildman–Crippen LogP) is 2.11. The number of methoxy groups -OCH3 is 1. The molecule has 0 bridgehead atoms. The molecular weight excluding hydrogens is 402 g/mol. The topological polar surface area (TPSA) is 138 Å². The van der Waals surface area contributed by atoms with Crippen LogP contribution in [-0.2, 0) is 19.2 Å². The van der Waals surface area contributed by atoms with E-state index >= 15 is 0 Å². The lowest BCUT2D eigenvalue weighted by Crippen LogP contribution is -2.33. The number of carbonyl (C=O) groups excluding carboxylic acids is 4. The standard InChI is InChI=1S/C21H23N5O5/c1-13(11-19(28)23-16-9-7-15(8-10-16)22-14(2)27)25-26-21(30)20(29)24-17-5-4-6-18(12-17)31-3/h4-10,12H,11H2,1-3H3,(H,22,27)(H,23,28)(H,24,29)(H,26,30). The summed E-state index contributed by atoms with van der Waals surface area (Å²) in [5.74, 6) is -1.90. The van der Waals surface area contributed by atoms with Gasteiger partial charge in [-0.25, -0.2) is 5.43 Å². The highest BCUT2D eigenvalue weighted by Crippen LogP contribution is 2.16. The normalized spacial score (nSPS) is 10.6. The first-order valence-corrected chi connectivity index (χ1v) is 9.23. The van der Waals surface area contributed by atoms with Gasteiger partial charge in [-0.3, -0.25) is 19.2 Å². The van der Waals surface area contributed by atoms with E-state index in [9.17, 15) is 19.2 Å². The molecule has 2 aromatic rings. The average molecular weight is 425 g/mol. The van der Waals surface area contributed by atoms with Crippen LogP contribution in [0.1, 0.15) is 20.3 Å². The lowest BCUT2D eigenvalue weighted by atomic mass is 10.2. The minimum atomic E-state index is -0.976. The molecule has 0 spiro atoms. The van der Waals surface area contributed by atoms with Crippen molar-refractivity contribution in [2.24, 2.45) is 5.10 Å². The first-order valence-electron chi connectivity index (χ1n) is 9.23. The highest BCUT2D eigenvalue weighted by Gasteiger charge is 2.14. The van der Waals surface area contributed by atoms with Crippen LogP contribution in [0.15, 0.2) is 53.6 Å². The van der Waals surface area contributed by atoms with Gasteiger partial charge < -0.3 is 20.7 Å². The number of rotatable bonds is 7. The monoisotopic (exact) mass is 425 g/mol. The van der Waals surface area contributed by atoms with Crippen LogP contribution < -0.4 is 26.1 Å². The van der Waals surface area contributed by atoms with Gasteiger partial charge >= 0.3 is 11.8 Å². The molecule has 4 N–H and O–H groups in total. The Kier molecular flexibility index (Phi) is 8.26. The van der Waals surface area contributed by atoms with E-state index in [0.29, 0.717) is 28.5 Å². The van der Waals surface area contributed by atoms with Gasteiger partial charge in [-0.15, -0.1) is 0 Å². The van der Waals surface area contributed by atoms with Crippen LogP contribution in [0.3, 0.4) is 0 Å². The van der Waals surface area contributed by atoms with E-state index in [4.69, 9.17) is 4.74 Å². The van der Waals surface area contributed by atoms with Gasteiger partial charge in [0, 0.05) is 35.8 Å². The third-order valence-corrected chi connectivity index (χ3v) is 3.79. The Balaban J connectivity index is 1.82. The molecule has 0 saturated carbocycles. The van der Waals surface area contributed by atoms with Crippen molar-refractivity contribution >= 4 is 46.4 Å². The zero-order chi connectivity index (χ0) is 22.8. The number of benzene rings is 2. The second-order valence-corrected chi connectivity index (χ2v) is 6.46. The highest BCUT2D eigenvalue weighted by molar-refractivity contribution is 6.39. The molecular formula is C21H23N5O5. The second kappa shape index (κ2) is 11.1. The highest BCUT2D eigenvalue weighted by atomic mass is 16.5. The molecule has 0 atom stereocenters. The van der Waals surface area contributed by atoms with Gasteiger partial charge in [-0.1, -0.05) is 6.07 Å². The number of nitrogens with one attached hydrogen (secondary N) is 4. The molecule has 0 saturated heterocycles. The number of anilines is 3. The predicted molar refractivity (Wildman–Crippen MR) is 117 cm³/mol. The fourth-order valence-corrected chi connectivity index (χ4v) is 2.40. The first-order chi connectivity index (χ1) is 14.8. The van der Waals surface area contributed by atoms with Gasteiger partial charge in [0.2, 0.25) is 11.8 Å². The third-order valence-electron chi connectivity index (χ3n) is 3.79. The van der Waals surface area contributed by atoms with Crippen LogP contribution in [0.2, 0.25) is 0 Å². The van der Waals surface area contributed by atoms with Crippen LogP contribution in [0.5, 0.6) is 5.75 Å². The van der Waals surface area contributed by atoms with Gasteiger partial charge in [0.05, 0.1) is 13.5 Å². The largest absolute Gasteiger partial charge is 0.497 e. The minimum absolute atomic E-state index is 0.0920. The van der Waals surface area contributed by atoms with Crippen molar-refractivity contribution in [2.75, 3.05) is 23.1 Å². The van der Waals surface area contributed by atoms with E-state index in [1.165, 1.54) is 14.0 Å². The van der Waals surface area contributed by atoms with Gasteiger partial charge in [0.25, 0.3) is 0 Å². The van der Waals surface area contributed by atoms with Gasteiger partial charge in [0.1, 0.15) is 5.75 Å². The minimum Gasteiger partial charge on any atom is -0.497 e. The number of hydrazone groups is 1. The molecule has 0 heterocycles. The van der Waals surface area contributed by atoms with Crippen LogP contribution in [0.25, 0.3) is 0 Å². The summed E-state index contributed by atoms with van der Waals surface area (Å²) >= 11 is 0. The van der Waals surface area contributed by atoms with E-state index in [2.05, 4.69) is 26.5 Å². The molecule has 0 aromatic heterocycles. The number of hydrogen-bond acceptors (Lipinski definition) is 6. The van der Waals surface area contributed by atoms with Crippen molar-refractivity contribution in [3.8, 4) is 5.75 Å². The molecule has 0 aliphatic heterocycles. The SMILES string of the molecule is COc1cccc(NC(=O)C(=O)NN=C(C)CC(=O)Nc2ccc(NC(C)=O)cc2)c1. The Labute approximate surface area is 179 Å². The molecule has 0 aliphatic rings. The van der Waals surface area contributed by atoms with Crippen LogP contribution in [-0.4, -0.2) is 36.5 Å². The van der Waals surface area contributed by atoms with Gasteiger partial charge in [-0.2, -0.15) is 5.10 Å². The molecule has 0 aliphatic carbocycles. The maximum atomic E-state index is 12.1. The number of hydrogen-bond donors (Lipinski definition) is 4. The van der Waals surface area contributed by atoms with Crippen molar-refractivity contribution in [3.05, 3.63) is 48.5 Å². The van der Waals surface area contributed by atoms with Gasteiger partial charge in [0.15, 0.2) is 0 Å². The van der Waals surface area contributed by atoms with Crippen molar-refractivity contribution in [1.29, 1.82) is 0 Å². The van der Waals surface area contributed by atoms with E-state index in [-0.39, 0.29) is 18.2 Å². The molecule has 10 heteroatoms. The number of ether oxygens (including phenoxy) is 1. The lowest BCUT2D eigenvalue weighted by molar-refractivity contribution is -0.136. The third kappa shape index (κ3) is 7.97. The lowest BCUT2D eigenvalue weighted by Gasteiger charge is -2.08. The van der Waals surface area contributed by atoms with E-state index < -0.39 is 11.8 Å². The Morgan fingerprint density at radius 1 is 0.839 bits per heavy atom. The Bertz CT molecular complexity index is 1000. The summed E-state index contributed by atoms with van der Waals surface area (Å²) in [6, 6.07) is 13.1. The summed E-state index contributed by atoms with van der Waals surface area (Å²) in [6.07, 6.45) is -0.0920. The Morgan fingerprint density at radius 2 is 1.48 bits per heavy atom. The van der Waals surface area contributed by atoms with Crippen molar-refractivity contribution in [1.82, 2.24) is 5.43 Å². The Hall–Kier alpha value is -4.21. The fourth-order valence-electron chi connectivity index (χ4n) is 2.40. The summed E-state index contributed by atoms with van der Waals surface area (Å²) in [7, 11) is 1.49. The summed E-state index contributed by atoms with van der Waals surface area (Å²) in [6.45, 7) is 2.94. The van der Waals surface area contributed by atoms with E-state index in [1.54, 1.807) is 55.5 Å².